The second kappa shape index (κ2) is 11.8. The van der Waals surface area contributed by atoms with Gasteiger partial charge in [-0.1, -0.05) is 102 Å². The second-order valence-corrected chi connectivity index (χ2v) is 13.4. The van der Waals surface area contributed by atoms with Crippen molar-refractivity contribution in [2.24, 2.45) is 10.8 Å². The first-order chi connectivity index (χ1) is 21.6. The molecule has 6 rings (SSSR count). The fourth-order valence-corrected chi connectivity index (χ4v) is 5.07. The lowest BCUT2D eigenvalue weighted by Gasteiger charge is -2.21. The number of ketones is 2. The minimum Gasteiger partial charge on any atom is -0.504 e. The van der Waals surface area contributed by atoms with Crippen LogP contribution in [-0.4, -0.2) is 33.6 Å². The van der Waals surface area contributed by atoms with Crippen molar-refractivity contribution in [3.63, 3.8) is 0 Å². The highest BCUT2D eigenvalue weighted by Crippen LogP contribution is 2.43. The van der Waals surface area contributed by atoms with E-state index in [0.717, 1.165) is 21.9 Å². The number of Topliss-reactive ketones (excluding diaryl/α,β-unsaturated/α-hetero) is 2. The molecule has 4 N–H and O–H groups in total. The van der Waals surface area contributed by atoms with Gasteiger partial charge in [-0.2, -0.15) is 0 Å². The molecule has 0 radical (unpaired) electrons. The third-order valence-electron chi connectivity index (χ3n) is 7.78. The monoisotopic (exact) mass is 616 g/mol. The number of anilines is 2. The van der Waals surface area contributed by atoms with Crippen LogP contribution in [0.5, 0.6) is 11.5 Å². The molecule has 234 valence electrons. The zero-order chi connectivity index (χ0) is 33.6. The Bertz CT molecular complexity index is 2060. The van der Waals surface area contributed by atoms with Gasteiger partial charge in [0.15, 0.2) is 11.5 Å². The van der Waals surface area contributed by atoms with Crippen LogP contribution in [0.15, 0.2) is 84.9 Å². The number of hydrogen-bond acceptors (Lipinski definition) is 6. The third-order valence-corrected chi connectivity index (χ3v) is 7.78. The van der Waals surface area contributed by atoms with E-state index in [1.807, 2.05) is 77.9 Å². The summed E-state index contributed by atoms with van der Waals surface area (Å²) in [5, 5.41) is 28.9. The minimum absolute atomic E-state index is 0.110. The Morgan fingerprint density at radius 1 is 0.500 bits per heavy atom. The molecule has 1 aliphatic carbocycles. The molecule has 8 heteroatoms. The SMILES string of the molecule is CC(C)(C)C(=O)Nc1ccc2c(c1)C(=O)C(=O)c1ccccc1-2.CC(C)(C)C(=O)Nc1ccc2c(c1)c(O)c(O)c1ccccc12. The van der Waals surface area contributed by atoms with Crippen LogP contribution in [0.1, 0.15) is 62.3 Å². The van der Waals surface area contributed by atoms with Gasteiger partial charge in [-0.3, -0.25) is 19.2 Å². The first-order valence-electron chi connectivity index (χ1n) is 14.9. The first-order valence-corrected chi connectivity index (χ1v) is 14.9. The van der Waals surface area contributed by atoms with Crippen molar-refractivity contribution in [1.29, 1.82) is 0 Å². The molecule has 1 aliphatic rings. The van der Waals surface area contributed by atoms with E-state index in [4.69, 9.17) is 0 Å². The summed E-state index contributed by atoms with van der Waals surface area (Å²) in [6.07, 6.45) is 0. The quantitative estimate of drug-likeness (QED) is 0.0900. The summed E-state index contributed by atoms with van der Waals surface area (Å²) < 4.78 is 0. The van der Waals surface area contributed by atoms with Crippen molar-refractivity contribution < 1.29 is 29.4 Å². The number of carbonyl (C=O) groups is 4. The first kappa shape index (κ1) is 31.9. The van der Waals surface area contributed by atoms with E-state index in [-0.39, 0.29) is 23.3 Å². The molecule has 5 aromatic rings. The largest absolute Gasteiger partial charge is 0.504 e. The molecule has 0 unspecified atom stereocenters. The van der Waals surface area contributed by atoms with Gasteiger partial charge in [0, 0.05) is 44.1 Å². The molecule has 0 spiro atoms. The van der Waals surface area contributed by atoms with E-state index < -0.39 is 22.4 Å². The average Bonchev–Trinajstić information content (AvgIpc) is 3.02. The highest BCUT2D eigenvalue weighted by molar-refractivity contribution is 6.53. The number of fused-ring (bicyclic) bond motifs is 6. The molecule has 0 aromatic heterocycles. The normalized spacial score (nSPS) is 12.6. The molecule has 0 bridgehead atoms. The molecule has 5 aromatic carbocycles. The number of amides is 2. The molecular formula is C38H36N2O6. The molecule has 2 amide bonds. The molecular weight excluding hydrogens is 580 g/mol. The van der Waals surface area contributed by atoms with E-state index >= 15 is 0 Å². The molecule has 0 saturated carbocycles. The topological polar surface area (TPSA) is 133 Å². The maximum absolute atomic E-state index is 12.4. The van der Waals surface area contributed by atoms with Gasteiger partial charge in [0.2, 0.25) is 23.4 Å². The fraction of sp³-hybridized carbons (Fsp3) is 0.211. The lowest BCUT2D eigenvalue weighted by atomic mass is 9.83. The van der Waals surface area contributed by atoms with Crippen molar-refractivity contribution in [2.45, 2.75) is 41.5 Å². The van der Waals surface area contributed by atoms with Crippen LogP contribution in [0.25, 0.3) is 32.7 Å². The molecule has 0 fully saturated rings. The Kier molecular flexibility index (Phi) is 8.17. The number of hydrogen-bond donors (Lipinski definition) is 4. The number of phenols is 2. The number of benzene rings is 5. The number of phenolic OH excluding ortho intramolecular Hbond substituents is 2. The van der Waals surface area contributed by atoms with Crippen LogP contribution >= 0.6 is 0 Å². The second-order valence-electron chi connectivity index (χ2n) is 13.4. The van der Waals surface area contributed by atoms with Crippen molar-refractivity contribution in [3.05, 3.63) is 96.1 Å². The van der Waals surface area contributed by atoms with E-state index in [1.165, 1.54) is 0 Å². The van der Waals surface area contributed by atoms with Gasteiger partial charge in [-0.05, 0) is 46.2 Å². The fourth-order valence-electron chi connectivity index (χ4n) is 5.07. The van der Waals surface area contributed by atoms with Crippen molar-refractivity contribution >= 4 is 56.3 Å². The summed E-state index contributed by atoms with van der Waals surface area (Å²) in [6.45, 7) is 10.9. The summed E-state index contributed by atoms with van der Waals surface area (Å²) in [6, 6.07) is 24.8. The van der Waals surface area contributed by atoms with Gasteiger partial charge in [-0.25, -0.2) is 0 Å². The maximum Gasteiger partial charge on any atom is 0.234 e. The van der Waals surface area contributed by atoms with E-state index in [1.54, 1.807) is 48.5 Å². The van der Waals surface area contributed by atoms with E-state index in [9.17, 15) is 29.4 Å². The van der Waals surface area contributed by atoms with Crippen LogP contribution in [0.3, 0.4) is 0 Å². The van der Waals surface area contributed by atoms with Gasteiger partial charge < -0.3 is 20.8 Å². The predicted octanol–water partition coefficient (Wildman–Crippen LogP) is 8.11. The number of aromatic hydroxyl groups is 2. The summed E-state index contributed by atoms with van der Waals surface area (Å²) >= 11 is 0. The summed E-state index contributed by atoms with van der Waals surface area (Å²) in [7, 11) is 0. The number of rotatable bonds is 2. The molecule has 0 saturated heterocycles. The Labute approximate surface area is 267 Å². The summed E-state index contributed by atoms with van der Waals surface area (Å²) in [5.41, 5.74) is 2.29. The van der Waals surface area contributed by atoms with Crippen molar-refractivity contribution in [1.82, 2.24) is 0 Å². The van der Waals surface area contributed by atoms with Gasteiger partial charge in [-0.15, -0.1) is 0 Å². The lowest BCUT2D eigenvalue weighted by molar-refractivity contribution is -0.123. The predicted molar refractivity (Wildman–Crippen MR) is 181 cm³/mol. The molecule has 0 heterocycles. The molecule has 0 atom stereocenters. The highest BCUT2D eigenvalue weighted by atomic mass is 16.3. The Morgan fingerprint density at radius 2 is 0.935 bits per heavy atom. The number of carbonyl (C=O) groups excluding carboxylic acids is 4. The zero-order valence-electron chi connectivity index (χ0n) is 26.6. The summed E-state index contributed by atoms with van der Waals surface area (Å²) in [4.78, 5) is 48.8. The maximum atomic E-state index is 12.4. The van der Waals surface area contributed by atoms with Crippen LogP contribution in [0, 0.1) is 10.8 Å². The van der Waals surface area contributed by atoms with Crippen LogP contribution in [0.4, 0.5) is 11.4 Å². The standard InChI is InChI=1S/C19H19NO3.C19H17NO3/c2*1-19(2,3)18(23)20-11-8-9-13-12-6-4-5-7-14(12)16(21)17(22)15(13)10-11/h4-10,21-22H,1-3H3,(H,20,23);4-10H,1-3H3,(H,20,23). The van der Waals surface area contributed by atoms with Gasteiger partial charge in [0.1, 0.15) is 0 Å². The van der Waals surface area contributed by atoms with Crippen molar-refractivity contribution in [2.75, 3.05) is 10.6 Å². The van der Waals surface area contributed by atoms with Crippen LogP contribution in [-0.2, 0) is 9.59 Å². The molecule has 0 aliphatic heterocycles. The Hall–Kier alpha value is -5.50. The smallest absolute Gasteiger partial charge is 0.234 e. The average molecular weight is 617 g/mol. The van der Waals surface area contributed by atoms with Gasteiger partial charge in [0.05, 0.1) is 0 Å². The van der Waals surface area contributed by atoms with Crippen LogP contribution in [0.2, 0.25) is 0 Å². The van der Waals surface area contributed by atoms with Crippen LogP contribution < -0.4 is 10.6 Å². The van der Waals surface area contributed by atoms with E-state index in [2.05, 4.69) is 10.6 Å². The van der Waals surface area contributed by atoms with Gasteiger partial charge in [0.25, 0.3) is 0 Å². The lowest BCUT2D eigenvalue weighted by Crippen LogP contribution is -2.28. The Balaban J connectivity index is 0.000000181. The Morgan fingerprint density at radius 3 is 1.54 bits per heavy atom. The third kappa shape index (κ3) is 6.06. The minimum atomic E-state index is -0.539. The van der Waals surface area contributed by atoms with E-state index in [0.29, 0.717) is 33.3 Å². The summed E-state index contributed by atoms with van der Waals surface area (Å²) in [5.74, 6) is -1.62. The van der Waals surface area contributed by atoms with Gasteiger partial charge >= 0.3 is 0 Å². The highest BCUT2D eigenvalue weighted by Gasteiger charge is 2.31. The molecule has 46 heavy (non-hydrogen) atoms. The van der Waals surface area contributed by atoms with Crippen molar-refractivity contribution in [3.8, 4) is 22.6 Å². The zero-order valence-corrected chi connectivity index (χ0v) is 26.6. The molecule has 8 nitrogen and oxygen atoms in total. The number of nitrogens with one attached hydrogen (secondary N) is 2.